The van der Waals surface area contributed by atoms with E-state index in [0.717, 1.165) is 30.9 Å². The standard InChI is InChI=1S/C21H22F6N2O2S/c1-2-3-4-14-5-7-15(8-6-14)28-19(32)29-16-9-17(30-12-20(22,23)24)11-18(10-16)31-13-21(25,26)27/h5-11H,2-4,12-13H2,1H3,(H2,28,29,32). The zero-order valence-electron chi connectivity index (χ0n) is 17.1. The Morgan fingerprint density at radius 3 is 1.78 bits per heavy atom. The zero-order chi connectivity index (χ0) is 23.8. The summed E-state index contributed by atoms with van der Waals surface area (Å²) < 4.78 is 83.9. The summed E-state index contributed by atoms with van der Waals surface area (Å²) in [5.41, 5.74) is 1.93. The molecule has 0 aliphatic rings. The molecule has 0 heterocycles. The number of nitrogens with one attached hydrogen (secondary N) is 2. The third-order valence-corrected chi connectivity index (χ3v) is 4.18. The summed E-state index contributed by atoms with van der Waals surface area (Å²) in [5.74, 6) is -0.653. The summed E-state index contributed by atoms with van der Waals surface area (Å²) in [6.07, 6.45) is -6.13. The summed E-state index contributed by atoms with van der Waals surface area (Å²) in [7, 11) is 0. The number of hydrogen-bond donors (Lipinski definition) is 2. The van der Waals surface area contributed by atoms with Crippen molar-refractivity contribution in [2.24, 2.45) is 0 Å². The van der Waals surface area contributed by atoms with Gasteiger partial charge in [-0.3, -0.25) is 0 Å². The summed E-state index contributed by atoms with van der Waals surface area (Å²) in [5, 5.41) is 5.70. The molecule has 0 aliphatic heterocycles. The van der Waals surface area contributed by atoms with Crippen molar-refractivity contribution < 1.29 is 35.8 Å². The van der Waals surface area contributed by atoms with Crippen LogP contribution in [0, 0.1) is 0 Å². The minimum absolute atomic E-state index is 0.0843. The molecular formula is C21H22F6N2O2S. The van der Waals surface area contributed by atoms with E-state index in [4.69, 9.17) is 12.2 Å². The van der Waals surface area contributed by atoms with Crippen molar-refractivity contribution in [3.8, 4) is 11.5 Å². The van der Waals surface area contributed by atoms with E-state index in [-0.39, 0.29) is 22.3 Å². The van der Waals surface area contributed by atoms with Gasteiger partial charge >= 0.3 is 12.4 Å². The van der Waals surface area contributed by atoms with Gasteiger partial charge in [0.2, 0.25) is 0 Å². The molecule has 0 spiro atoms. The molecule has 176 valence electrons. The van der Waals surface area contributed by atoms with Gasteiger partial charge in [-0.15, -0.1) is 0 Å². The highest BCUT2D eigenvalue weighted by Gasteiger charge is 2.30. The van der Waals surface area contributed by atoms with Gasteiger partial charge in [0.1, 0.15) is 11.5 Å². The van der Waals surface area contributed by atoms with E-state index in [2.05, 4.69) is 27.0 Å². The minimum Gasteiger partial charge on any atom is -0.484 e. The Balaban J connectivity index is 2.08. The van der Waals surface area contributed by atoms with Gasteiger partial charge < -0.3 is 20.1 Å². The Hall–Kier alpha value is -2.69. The zero-order valence-corrected chi connectivity index (χ0v) is 17.9. The lowest BCUT2D eigenvalue weighted by molar-refractivity contribution is -0.153. The Morgan fingerprint density at radius 1 is 0.812 bits per heavy atom. The lowest BCUT2D eigenvalue weighted by atomic mass is 10.1. The van der Waals surface area contributed by atoms with E-state index in [9.17, 15) is 26.3 Å². The first-order chi connectivity index (χ1) is 14.9. The topological polar surface area (TPSA) is 42.5 Å². The molecule has 11 heteroatoms. The van der Waals surface area contributed by atoms with Gasteiger partial charge in [0.05, 0.1) is 0 Å². The Labute approximate surface area is 186 Å². The summed E-state index contributed by atoms with van der Waals surface area (Å²) in [6, 6.07) is 10.8. The van der Waals surface area contributed by atoms with Gasteiger partial charge in [-0.25, -0.2) is 0 Å². The van der Waals surface area contributed by atoms with Crippen LogP contribution < -0.4 is 20.1 Å². The molecule has 4 nitrogen and oxygen atoms in total. The fraction of sp³-hybridized carbons (Fsp3) is 0.381. The van der Waals surface area contributed by atoms with Crippen LogP contribution in [0.2, 0.25) is 0 Å². The Bertz CT molecular complexity index is 849. The van der Waals surface area contributed by atoms with E-state index >= 15 is 0 Å². The maximum Gasteiger partial charge on any atom is 0.422 e. The predicted octanol–water partition coefficient (Wildman–Crippen LogP) is 6.72. The Morgan fingerprint density at radius 2 is 1.31 bits per heavy atom. The van der Waals surface area contributed by atoms with Crippen LogP contribution in [0.1, 0.15) is 25.3 Å². The predicted molar refractivity (Wildman–Crippen MR) is 114 cm³/mol. The molecule has 32 heavy (non-hydrogen) atoms. The van der Waals surface area contributed by atoms with Gasteiger partial charge in [-0.1, -0.05) is 25.5 Å². The van der Waals surface area contributed by atoms with Crippen LogP contribution in [-0.4, -0.2) is 30.7 Å². The molecule has 2 N–H and O–H groups in total. The van der Waals surface area contributed by atoms with Crippen molar-refractivity contribution in [2.75, 3.05) is 23.8 Å². The summed E-state index contributed by atoms with van der Waals surface area (Å²) >= 11 is 5.19. The third kappa shape index (κ3) is 10.1. The van der Waals surface area contributed by atoms with Crippen molar-refractivity contribution in [3.63, 3.8) is 0 Å². The van der Waals surface area contributed by atoms with Gasteiger partial charge in [-0.05, 0) is 42.8 Å². The van der Waals surface area contributed by atoms with Gasteiger partial charge in [-0.2, -0.15) is 26.3 Å². The van der Waals surface area contributed by atoms with E-state index in [1.165, 1.54) is 12.1 Å². The molecule has 0 bridgehead atoms. The molecule has 0 saturated carbocycles. The highest BCUT2D eigenvalue weighted by molar-refractivity contribution is 7.80. The first-order valence-electron chi connectivity index (χ1n) is 9.64. The highest BCUT2D eigenvalue weighted by atomic mass is 32.1. The lowest BCUT2D eigenvalue weighted by Crippen LogP contribution is -2.21. The number of unbranched alkanes of at least 4 members (excludes halogenated alkanes) is 1. The second kappa shape index (κ2) is 11.3. The normalized spacial score (nSPS) is 11.7. The summed E-state index contributed by atoms with van der Waals surface area (Å²) in [4.78, 5) is 0. The van der Waals surface area contributed by atoms with Crippen molar-refractivity contribution in [1.82, 2.24) is 0 Å². The van der Waals surface area contributed by atoms with E-state index in [0.29, 0.717) is 5.69 Å². The molecule has 2 rings (SSSR count). The number of alkyl halides is 6. The number of aryl methyl sites for hydroxylation is 1. The maximum absolute atomic E-state index is 12.4. The largest absolute Gasteiger partial charge is 0.484 e. The average Bonchev–Trinajstić information content (AvgIpc) is 2.69. The smallest absolute Gasteiger partial charge is 0.422 e. The molecule has 0 aliphatic carbocycles. The number of hydrogen-bond acceptors (Lipinski definition) is 3. The maximum atomic E-state index is 12.4. The molecule has 0 amide bonds. The third-order valence-electron chi connectivity index (χ3n) is 3.97. The van der Waals surface area contributed by atoms with Crippen molar-refractivity contribution in [1.29, 1.82) is 0 Å². The van der Waals surface area contributed by atoms with E-state index in [1.54, 1.807) is 0 Å². The average molecular weight is 480 g/mol. The molecule has 0 unspecified atom stereocenters. The van der Waals surface area contributed by atoms with Crippen LogP contribution in [0.4, 0.5) is 37.7 Å². The number of rotatable bonds is 9. The molecule has 0 radical (unpaired) electrons. The SMILES string of the molecule is CCCCc1ccc(NC(=S)Nc2cc(OCC(F)(F)F)cc(OCC(F)(F)F)c2)cc1. The monoisotopic (exact) mass is 480 g/mol. The molecule has 0 saturated heterocycles. The minimum atomic E-state index is -4.61. The second-order valence-electron chi connectivity index (χ2n) is 6.88. The summed E-state index contributed by atoms with van der Waals surface area (Å²) in [6.45, 7) is -1.12. The number of benzene rings is 2. The van der Waals surface area contributed by atoms with Crippen molar-refractivity contribution >= 4 is 28.7 Å². The highest BCUT2D eigenvalue weighted by Crippen LogP contribution is 2.29. The van der Waals surface area contributed by atoms with Crippen LogP contribution >= 0.6 is 12.2 Å². The first kappa shape index (κ1) is 25.6. The van der Waals surface area contributed by atoms with Gasteiger partial charge in [0, 0.05) is 29.6 Å². The number of anilines is 2. The van der Waals surface area contributed by atoms with Crippen LogP contribution in [0.3, 0.4) is 0 Å². The number of ether oxygens (including phenoxy) is 2. The molecule has 2 aromatic carbocycles. The second-order valence-corrected chi connectivity index (χ2v) is 7.29. The molecule has 2 aromatic rings. The molecule has 0 fully saturated rings. The molecular weight excluding hydrogens is 458 g/mol. The van der Waals surface area contributed by atoms with Crippen LogP contribution in [-0.2, 0) is 6.42 Å². The van der Waals surface area contributed by atoms with Crippen LogP contribution in [0.15, 0.2) is 42.5 Å². The van der Waals surface area contributed by atoms with Crippen molar-refractivity contribution in [3.05, 3.63) is 48.0 Å². The van der Waals surface area contributed by atoms with Gasteiger partial charge in [0.25, 0.3) is 0 Å². The lowest BCUT2D eigenvalue weighted by Gasteiger charge is -2.16. The Kier molecular flexibility index (Phi) is 8.99. The van der Waals surface area contributed by atoms with E-state index < -0.39 is 25.6 Å². The fourth-order valence-corrected chi connectivity index (χ4v) is 2.81. The van der Waals surface area contributed by atoms with Crippen LogP contribution in [0.25, 0.3) is 0 Å². The number of thiocarbonyl (C=S) groups is 1. The quantitative estimate of drug-likeness (QED) is 0.308. The fourth-order valence-electron chi connectivity index (χ4n) is 2.57. The molecule has 0 aromatic heterocycles. The molecule has 0 atom stereocenters. The van der Waals surface area contributed by atoms with E-state index in [1.807, 2.05) is 24.3 Å². The van der Waals surface area contributed by atoms with Gasteiger partial charge in [0.15, 0.2) is 18.3 Å². The first-order valence-corrected chi connectivity index (χ1v) is 10.1. The van der Waals surface area contributed by atoms with Crippen LogP contribution in [0.5, 0.6) is 11.5 Å². The van der Waals surface area contributed by atoms with Crippen molar-refractivity contribution in [2.45, 2.75) is 38.5 Å². The number of halogens is 6.